The maximum absolute atomic E-state index is 12.1. The number of rotatable bonds is 6. The maximum atomic E-state index is 12.1. The standard InChI is InChI=1S/C20H30N2O3/c1-25-14-13-22-16-20(8-7-19(22)24)9-11-21(12-10-20)15-18(23)17-5-3-2-4-6-17/h2-6,18,23H,7-16H2,1H3/t18-/m0/s1. The van der Waals surface area contributed by atoms with Gasteiger partial charge in [-0.3, -0.25) is 4.79 Å². The quantitative estimate of drug-likeness (QED) is 0.857. The highest BCUT2D eigenvalue weighted by atomic mass is 16.5. The van der Waals surface area contributed by atoms with E-state index in [0.29, 0.717) is 26.1 Å². The van der Waals surface area contributed by atoms with E-state index in [0.717, 1.165) is 44.5 Å². The summed E-state index contributed by atoms with van der Waals surface area (Å²) in [6.07, 6.45) is 3.44. The average Bonchev–Trinajstić information content (AvgIpc) is 2.65. The molecule has 138 valence electrons. The minimum atomic E-state index is -0.429. The lowest BCUT2D eigenvalue weighted by molar-refractivity contribution is -0.140. The Labute approximate surface area is 150 Å². The average molecular weight is 346 g/mol. The monoisotopic (exact) mass is 346 g/mol. The Morgan fingerprint density at radius 3 is 2.60 bits per heavy atom. The summed E-state index contributed by atoms with van der Waals surface area (Å²) in [7, 11) is 1.68. The Kier molecular flexibility index (Phi) is 6.10. The van der Waals surface area contributed by atoms with Gasteiger partial charge >= 0.3 is 0 Å². The third-order valence-electron chi connectivity index (χ3n) is 5.85. The molecule has 0 saturated carbocycles. The fourth-order valence-corrected chi connectivity index (χ4v) is 4.15. The molecule has 25 heavy (non-hydrogen) atoms. The number of aliphatic hydroxyl groups excluding tert-OH is 1. The van der Waals surface area contributed by atoms with Gasteiger partial charge in [-0.25, -0.2) is 0 Å². The number of nitrogens with zero attached hydrogens (tertiary/aromatic N) is 2. The van der Waals surface area contributed by atoms with E-state index in [1.54, 1.807) is 7.11 Å². The molecule has 2 heterocycles. The zero-order chi connectivity index (χ0) is 17.7. The van der Waals surface area contributed by atoms with Crippen LogP contribution in [0.15, 0.2) is 30.3 Å². The van der Waals surface area contributed by atoms with Gasteiger partial charge in [0.05, 0.1) is 12.7 Å². The van der Waals surface area contributed by atoms with Crippen molar-refractivity contribution in [2.24, 2.45) is 5.41 Å². The number of likely N-dealkylation sites (tertiary alicyclic amines) is 2. The molecule has 1 aromatic rings. The first kappa shape index (κ1) is 18.4. The summed E-state index contributed by atoms with van der Waals surface area (Å²) in [6.45, 7) is 4.85. The summed E-state index contributed by atoms with van der Waals surface area (Å²) in [6, 6.07) is 9.88. The lowest BCUT2D eigenvalue weighted by atomic mass is 9.72. The number of carbonyl (C=O) groups is 1. The Morgan fingerprint density at radius 1 is 1.20 bits per heavy atom. The Hall–Kier alpha value is -1.43. The van der Waals surface area contributed by atoms with Crippen molar-refractivity contribution >= 4 is 5.91 Å². The van der Waals surface area contributed by atoms with E-state index in [1.807, 2.05) is 35.2 Å². The van der Waals surface area contributed by atoms with E-state index < -0.39 is 6.10 Å². The van der Waals surface area contributed by atoms with Gasteiger partial charge in [0.25, 0.3) is 0 Å². The Balaban J connectivity index is 1.51. The van der Waals surface area contributed by atoms with Gasteiger partial charge in [0.1, 0.15) is 0 Å². The van der Waals surface area contributed by atoms with Crippen LogP contribution in [-0.4, -0.2) is 67.3 Å². The fraction of sp³-hybridized carbons (Fsp3) is 0.650. The molecule has 0 aromatic heterocycles. The summed E-state index contributed by atoms with van der Waals surface area (Å²) in [4.78, 5) is 16.5. The van der Waals surface area contributed by atoms with Gasteiger partial charge in [-0.05, 0) is 43.3 Å². The van der Waals surface area contributed by atoms with Crippen LogP contribution in [0.1, 0.15) is 37.4 Å². The van der Waals surface area contributed by atoms with Crippen molar-refractivity contribution in [2.45, 2.75) is 31.8 Å². The zero-order valence-electron chi connectivity index (χ0n) is 15.2. The molecule has 3 rings (SSSR count). The lowest BCUT2D eigenvalue weighted by Gasteiger charge is -2.47. The number of benzene rings is 1. The largest absolute Gasteiger partial charge is 0.387 e. The van der Waals surface area contributed by atoms with Crippen molar-refractivity contribution in [3.63, 3.8) is 0 Å². The summed E-state index contributed by atoms with van der Waals surface area (Å²) in [5.74, 6) is 0.268. The number of hydrogen-bond acceptors (Lipinski definition) is 4. The molecule has 2 fully saturated rings. The van der Waals surface area contributed by atoms with Gasteiger partial charge in [-0.15, -0.1) is 0 Å². The second-order valence-electron chi connectivity index (χ2n) is 7.54. The fourth-order valence-electron chi connectivity index (χ4n) is 4.15. The van der Waals surface area contributed by atoms with Crippen LogP contribution in [0, 0.1) is 5.41 Å². The minimum absolute atomic E-state index is 0.260. The molecule has 1 N–H and O–H groups in total. The van der Waals surface area contributed by atoms with Gasteiger partial charge in [0.2, 0.25) is 5.91 Å². The van der Waals surface area contributed by atoms with E-state index in [1.165, 1.54) is 0 Å². The molecule has 2 aliphatic heterocycles. The molecule has 2 aliphatic rings. The van der Waals surface area contributed by atoms with Crippen molar-refractivity contribution in [2.75, 3.05) is 46.4 Å². The van der Waals surface area contributed by atoms with Crippen LogP contribution < -0.4 is 0 Å². The number of piperidine rings is 2. The molecule has 0 radical (unpaired) electrons. The minimum Gasteiger partial charge on any atom is -0.387 e. The molecule has 1 atom stereocenters. The van der Waals surface area contributed by atoms with E-state index in [4.69, 9.17) is 4.74 Å². The first-order valence-electron chi connectivity index (χ1n) is 9.34. The van der Waals surface area contributed by atoms with Gasteiger partial charge in [0, 0.05) is 33.2 Å². The molecule has 1 aromatic carbocycles. The molecular weight excluding hydrogens is 316 g/mol. The third kappa shape index (κ3) is 4.60. The molecule has 1 spiro atoms. The molecule has 2 saturated heterocycles. The van der Waals surface area contributed by atoms with Crippen LogP contribution in [-0.2, 0) is 9.53 Å². The smallest absolute Gasteiger partial charge is 0.222 e. The third-order valence-corrected chi connectivity index (χ3v) is 5.85. The molecule has 0 unspecified atom stereocenters. The predicted octanol–water partition coefficient (Wildman–Crippen LogP) is 2.07. The highest BCUT2D eigenvalue weighted by Gasteiger charge is 2.40. The molecule has 5 nitrogen and oxygen atoms in total. The van der Waals surface area contributed by atoms with Crippen LogP contribution >= 0.6 is 0 Å². The number of β-amino-alcohol motifs (C(OH)–C–C–N with tert-alkyl or cyclic N) is 1. The van der Waals surface area contributed by atoms with Crippen molar-refractivity contribution in [1.29, 1.82) is 0 Å². The number of ether oxygens (including phenoxy) is 1. The van der Waals surface area contributed by atoms with Crippen LogP contribution in [0.5, 0.6) is 0 Å². The highest BCUT2D eigenvalue weighted by Crippen LogP contribution is 2.40. The number of aliphatic hydroxyl groups is 1. The van der Waals surface area contributed by atoms with Gasteiger partial charge in [0.15, 0.2) is 0 Å². The summed E-state index contributed by atoms with van der Waals surface area (Å²) in [5, 5.41) is 10.4. The van der Waals surface area contributed by atoms with E-state index in [2.05, 4.69) is 4.90 Å². The Morgan fingerprint density at radius 2 is 1.92 bits per heavy atom. The van der Waals surface area contributed by atoms with Crippen LogP contribution in [0.3, 0.4) is 0 Å². The van der Waals surface area contributed by atoms with Crippen molar-refractivity contribution in [3.8, 4) is 0 Å². The topological polar surface area (TPSA) is 53.0 Å². The molecular formula is C20H30N2O3. The molecule has 1 amide bonds. The predicted molar refractivity (Wildman–Crippen MR) is 97.2 cm³/mol. The molecule has 0 aliphatic carbocycles. The lowest BCUT2D eigenvalue weighted by Crippen LogP contribution is -2.52. The SMILES string of the molecule is COCCN1CC2(CCC1=O)CCN(C[C@H](O)c1ccccc1)CC2. The second kappa shape index (κ2) is 8.30. The van der Waals surface area contributed by atoms with Gasteiger partial charge in [-0.1, -0.05) is 30.3 Å². The van der Waals surface area contributed by atoms with Crippen LogP contribution in [0.25, 0.3) is 0 Å². The second-order valence-corrected chi connectivity index (χ2v) is 7.54. The first-order chi connectivity index (χ1) is 12.1. The summed E-state index contributed by atoms with van der Waals surface area (Å²) in [5.41, 5.74) is 1.24. The molecule has 5 heteroatoms. The number of amides is 1. The Bertz CT molecular complexity index is 555. The molecule has 0 bridgehead atoms. The van der Waals surface area contributed by atoms with E-state index in [-0.39, 0.29) is 11.3 Å². The van der Waals surface area contributed by atoms with Crippen molar-refractivity contribution < 1.29 is 14.6 Å². The van der Waals surface area contributed by atoms with Crippen LogP contribution in [0.4, 0.5) is 0 Å². The number of hydrogen-bond donors (Lipinski definition) is 1. The van der Waals surface area contributed by atoms with Crippen molar-refractivity contribution in [1.82, 2.24) is 9.80 Å². The van der Waals surface area contributed by atoms with Gasteiger partial charge < -0.3 is 19.6 Å². The van der Waals surface area contributed by atoms with Gasteiger partial charge in [-0.2, -0.15) is 0 Å². The van der Waals surface area contributed by atoms with E-state index >= 15 is 0 Å². The van der Waals surface area contributed by atoms with E-state index in [9.17, 15) is 9.90 Å². The van der Waals surface area contributed by atoms with Crippen LogP contribution in [0.2, 0.25) is 0 Å². The first-order valence-corrected chi connectivity index (χ1v) is 9.34. The maximum Gasteiger partial charge on any atom is 0.222 e. The normalized spacial score (nSPS) is 22.3. The zero-order valence-corrected chi connectivity index (χ0v) is 15.2. The number of carbonyl (C=O) groups excluding carboxylic acids is 1. The summed E-state index contributed by atoms with van der Waals surface area (Å²) >= 11 is 0. The van der Waals surface area contributed by atoms with Crippen molar-refractivity contribution in [3.05, 3.63) is 35.9 Å². The highest BCUT2D eigenvalue weighted by molar-refractivity contribution is 5.77. The number of methoxy groups -OCH3 is 1. The summed E-state index contributed by atoms with van der Waals surface area (Å²) < 4.78 is 5.14.